The van der Waals surface area contributed by atoms with Crippen molar-refractivity contribution in [2.24, 2.45) is 0 Å². The first-order valence-corrected chi connectivity index (χ1v) is 9.08. The first-order valence-electron chi connectivity index (χ1n) is 9.08. The molecule has 3 nitrogen and oxygen atoms in total. The first kappa shape index (κ1) is 16.2. The van der Waals surface area contributed by atoms with Gasteiger partial charge in [-0.25, -0.2) is 0 Å². The van der Waals surface area contributed by atoms with Crippen molar-refractivity contribution in [3.05, 3.63) is 59.2 Å². The van der Waals surface area contributed by atoms with Crippen LogP contribution in [0.1, 0.15) is 59.4 Å². The number of nitrogens with zero attached hydrogens (tertiary/aromatic N) is 1. The van der Waals surface area contributed by atoms with Crippen LogP contribution in [-0.2, 0) is 0 Å². The monoisotopic (exact) mass is 333 g/mol. The fourth-order valence-electron chi connectivity index (χ4n) is 4.12. The number of carbonyl (C=O) groups is 2. The van der Waals surface area contributed by atoms with Gasteiger partial charge in [0.05, 0.1) is 5.54 Å². The molecule has 3 heteroatoms. The average Bonchev–Trinajstić information content (AvgIpc) is 2.94. The van der Waals surface area contributed by atoms with Gasteiger partial charge in [0, 0.05) is 16.7 Å². The zero-order valence-electron chi connectivity index (χ0n) is 14.8. The van der Waals surface area contributed by atoms with Crippen LogP contribution in [-0.4, -0.2) is 35.1 Å². The van der Waals surface area contributed by atoms with E-state index in [2.05, 4.69) is 4.90 Å². The molecule has 1 saturated heterocycles. The molecule has 2 aromatic carbocycles. The van der Waals surface area contributed by atoms with E-state index in [-0.39, 0.29) is 11.6 Å². The third kappa shape index (κ3) is 2.54. The van der Waals surface area contributed by atoms with E-state index in [9.17, 15) is 9.59 Å². The molecule has 0 atom stereocenters. The van der Waals surface area contributed by atoms with Gasteiger partial charge in [0.25, 0.3) is 0 Å². The molecule has 128 valence electrons. The summed E-state index contributed by atoms with van der Waals surface area (Å²) in [7, 11) is 0. The molecular weight excluding hydrogens is 310 g/mol. The lowest BCUT2D eigenvalue weighted by molar-refractivity contribution is 0.0579. The maximum atomic E-state index is 13.2. The van der Waals surface area contributed by atoms with E-state index in [1.54, 1.807) is 6.07 Å². The van der Waals surface area contributed by atoms with Gasteiger partial charge in [0.1, 0.15) is 0 Å². The van der Waals surface area contributed by atoms with E-state index in [1.165, 1.54) is 6.42 Å². The Morgan fingerprint density at radius 1 is 0.880 bits per heavy atom. The Balaban J connectivity index is 1.69. The summed E-state index contributed by atoms with van der Waals surface area (Å²) in [4.78, 5) is 28.2. The van der Waals surface area contributed by atoms with Gasteiger partial charge in [-0.2, -0.15) is 0 Å². The second-order valence-electron chi connectivity index (χ2n) is 7.57. The summed E-state index contributed by atoms with van der Waals surface area (Å²) in [6.45, 7) is 5.94. The second kappa shape index (κ2) is 5.92. The summed E-state index contributed by atoms with van der Waals surface area (Å²) in [6, 6.07) is 13.3. The Morgan fingerprint density at radius 2 is 1.52 bits per heavy atom. The summed E-state index contributed by atoms with van der Waals surface area (Å²) in [5.74, 6) is 0.122. The van der Waals surface area contributed by atoms with Crippen LogP contribution in [0.25, 0.3) is 11.1 Å². The number of fused-ring (bicyclic) bond motifs is 3. The number of hydrogen-bond donors (Lipinski definition) is 0. The normalized spacial score (nSPS) is 17.3. The zero-order chi connectivity index (χ0) is 17.6. The SMILES string of the molecule is CC(C)(C(=O)c1ccc2c(c1)C(=O)c1ccccc1-2)N1CCCCC1. The van der Waals surface area contributed by atoms with Crippen LogP contribution in [0.5, 0.6) is 0 Å². The maximum absolute atomic E-state index is 13.2. The van der Waals surface area contributed by atoms with Crippen LogP contribution in [0.15, 0.2) is 42.5 Å². The third-order valence-electron chi connectivity index (χ3n) is 5.69. The van der Waals surface area contributed by atoms with E-state index in [1.807, 2.05) is 50.2 Å². The summed E-state index contributed by atoms with van der Waals surface area (Å²) in [6.07, 6.45) is 3.54. The smallest absolute Gasteiger partial charge is 0.194 e. The molecule has 0 unspecified atom stereocenters. The molecule has 0 spiro atoms. The lowest BCUT2D eigenvalue weighted by Crippen LogP contribution is -2.52. The lowest BCUT2D eigenvalue weighted by Gasteiger charge is -2.39. The van der Waals surface area contributed by atoms with Crippen LogP contribution >= 0.6 is 0 Å². The topological polar surface area (TPSA) is 37.4 Å². The molecule has 0 N–H and O–H groups in total. The molecule has 4 rings (SSSR count). The van der Waals surface area contributed by atoms with Crippen LogP contribution in [0, 0.1) is 0 Å². The number of hydrogen-bond acceptors (Lipinski definition) is 3. The van der Waals surface area contributed by atoms with Gasteiger partial charge >= 0.3 is 0 Å². The van der Waals surface area contributed by atoms with Crippen LogP contribution < -0.4 is 0 Å². The molecule has 1 heterocycles. The van der Waals surface area contributed by atoms with Crippen molar-refractivity contribution >= 4 is 11.6 Å². The Kier molecular flexibility index (Phi) is 3.84. The van der Waals surface area contributed by atoms with Gasteiger partial charge in [-0.15, -0.1) is 0 Å². The number of carbonyl (C=O) groups excluding carboxylic acids is 2. The molecular formula is C22H23NO2. The molecule has 0 amide bonds. The Bertz CT molecular complexity index is 860. The Labute approximate surface area is 148 Å². The largest absolute Gasteiger partial charge is 0.292 e. The molecule has 1 aliphatic heterocycles. The van der Waals surface area contributed by atoms with Crippen molar-refractivity contribution in [2.45, 2.75) is 38.6 Å². The van der Waals surface area contributed by atoms with E-state index < -0.39 is 5.54 Å². The van der Waals surface area contributed by atoms with Crippen molar-refractivity contribution < 1.29 is 9.59 Å². The predicted octanol–water partition coefficient (Wildman–Crippen LogP) is 4.35. The van der Waals surface area contributed by atoms with Crippen LogP contribution in [0.3, 0.4) is 0 Å². The van der Waals surface area contributed by atoms with Gasteiger partial charge in [0.2, 0.25) is 0 Å². The van der Waals surface area contributed by atoms with Gasteiger partial charge in [-0.05, 0) is 57.0 Å². The molecule has 0 bridgehead atoms. The highest BCUT2D eigenvalue weighted by molar-refractivity contribution is 6.22. The van der Waals surface area contributed by atoms with Gasteiger partial charge in [0.15, 0.2) is 11.6 Å². The average molecular weight is 333 g/mol. The maximum Gasteiger partial charge on any atom is 0.194 e. The van der Waals surface area contributed by atoms with Crippen molar-refractivity contribution in [2.75, 3.05) is 13.1 Å². The zero-order valence-corrected chi connectivity index (χ0v) is 14.8. The molecule has 2 aromatic rings. The Morgan fingerprint density at radius 3 is 2.24 bits per heavy atom. The number of rotatable bonds is 3. The molecule has 0 aromatic heterocycles. The van der Waals surface area contributed by atoms with Crippen molar-refractivity contribution in [1.82, 2.24) is 4.90 Å². The van der Waals surface area contributed by atoms with Crippen molar-refractivity contribution in [1.29, 1.82) is 0 Å². The fourth-order valence-corrected chi connectivity index (χ4v) is 4.12. The Hall–Kier alpha value is -2.26. The van der Waals surface area contributed by atoms with Crippen molar-refractivity contribution in [3.8, 4) is 11.1 Å². The van der Waals surface area contributed by atoms with Gasteiger partial charge in [-0.3, -0.25) is 14.5 Å². The van der Waals surface area contributed by atoms with Crippen LogP contribution in [0.4, 0.5) is 0 Å². The highest BCUT2D eigenvalue weighted by atomic mass is 16.1. The second-order valence-corrected chi connectivity index (χ2v) is 7.57. The minimum Gasteiger partial charge on any atom is -0.292 e. The number of piperidine rings is 1. The van der Waals surface area contributed by atoms with E-state index in [0.717, 1.165) is 42.6 Å². The van der Waals surface area contributed by atoms with Gasteiger partial charge < -0.3 is 0 Å². The minimum atomic E-state index is -0.539. The summed E-state index contributed by atoms with van der Waals surface area (Å²) in [5, 5.41) is 0. The molecule has 0 saturated carbocycles. The van der Waals surface area contributed by atoms with E-state index in [4.69, 9.17) is 0 Å². The summed E-state index contributed by atoms with van der Waals surface area (Å²) in [5.41, 5.74) is 3.39. The molecule has 1 aliphatic carbocycles. The molecule has 1 fully saturated rings. The van der Waals surface area contributed by atoms with E-state index >= 15 is 0 Å². The van der Waals surface area contributed by atoms with Gasteiger partial charge in [-0.1, -0.05) is 42.8 Å². The summed E-state index contributed by atoms with van der Waals surface area (Å²) < 4.78 is 0. The number of likely N-dealkylation sites (tertiary alicyclic amines) is 1. The van der Waals surface area contributed by atoms with E-state index in [0.29, 0.717) is 11.1 Å². The first-order chi connectivity index (χ1) is 12.0. The standard InChI is InChI=1S/C22H23NO2/c1-22(2,23-12-6-3-7-13-23)21(25)15-10-11-17-16-8-4-5-9-18(16)20(24)19(17)14-15/h4-5,8-11,14H,3,6-7,12-13H2,1-2H3. The molecule has 25 heavy (non-hydrogen) atoms. The van der Waals surface area contributed by atoms with Crippen molar-refractivity contribution in [3.63, 3.8) is 0 Å². The molecule has 0 radical (unpaired) electrons. The fraction of sp³-hybridized carbons (Fsp3) is 0.364. The van der Waals surface area contributed by atoms with Crippen LogP contribution in [0.2, 0.25) is 0 Å². The highest BCUT2D eigenvalue weighted by Gasteiger charge is 2.36. The summed E-state index contributed by atoms with van der Waals surface area (Å²) >= 11 is 0. The number of ketones is 2. The number of benzene rings is 2. The lowest BCUT2D eigenvalue weighted by atomic mass is 9.88. The minimum absolute atomic E-state index is 0.0241. The predicted molar refractivity (Wildman–Crippen MR) is 99.1 cm³/mol. The molecule has 2 aliphatic rings. The highest BCUT2D eigenvalue weighted by Crippen LogP contribution is 2.37. The quantitative estimate of drug-likeness (QED) is 0.669. The third-order valence-corrected chi connectivity index (χ3v) is 5.69. The number of Topliss-reactive ketones (excluding diaryl/α,β-unsaturated/α-hetero) is 1.